The minimum Gasteiger partial charge on any atom is -0.462 e. The number of rotatable bonds is 9. The van der Waals surface area contributed by atoms with Gasteiger partial charge in [-0.3, -0.25) is 19.2 Å². The van der Waals surface area contributed by atoms with E-state index >= 15 is 0 Å². The van der Waals surface area contributed by atoms with Crippen molar-refractivity contribution < 1.29 is 53.1 Å². The molecule has 41 heavy (non-hydrogen) atoms. The standard InChI is InChI=1S/C30H42O11/c1-8-13(2)24(33)38-19-9-16-26(41-25(34)14(3)15(4)31)37-12-18-22-21(39-20(32)11-28(5,6)36)17-10-30(16,18)23(19)29(17,7)27(35)40-22/h12-17,19,21-23,26,31,36H,8-11H2,1-7H3/t13?,14?,15?,16-,17-,19+,21-,22+,23-,26-,29+,30-/m0/s1. The number of aliphatic hydroxyl groups is 2. The van der Waals surface area contributed by atoms with Crippen LogP contribution in [0.15, 0.2) is 11.8 Å². The Kier molecular flexibility index (Phi) is 7.25. The van der Waals surface area contributed by atoms with Crippen molar-refractivity contribution in [2.45, 2.75) is 110 Å². The maximum absolute atomic E-state index is 13.7. The highest BCUT2D eigenvalue weighted by Gasteiger charge is 2.83. The number of hydrogen-bond acceptors (Lipinski definition) is 11. The van der Waals surface area contributed by atoms with E-state index in [1.54, 1.807) is 20.8 Å². The van der Waals surface area contributed by atoms with E-state index in [2.05, 4.69) is 0 Å². The van der Waals surface area contributed by atoms with Crippen LogP contribution in [-0.4, -0.2) is 70.4 Å². The number of hydrogen-bond donors (Lipinski definition) is 2. The molecule has 0 amide bonds. The molecule has 4 fully saturated rings. The van der Waals surface area contributed by atoms with Gasteiger partial charge in [-0.1, -0.05) is 13.8 Å². The van der Waals surface area contributed by atoms with E-state index < -0.39 is 88.7 Å². The average Bonchev–Trinajstić information content (AvgIpc) is 3.30. The normalized spacial score (nSPS) is 40.4. The van der Waals surface area contributed by atoms with Crippen LogP contribution in [0.3, 0.4) is 0 Å². The van der Waals surface area contributed by atoms with Gasteiger partial charge in [-0.2, -0.15) is 0 Å². The molecule has 0 aromatic carbocycles. The zero-order chi connectivity index (χ0) is 30.2. The molecular formula is C30H42O11. The van der Waals surface area contributed by atoms with Gasteiger partial charge in [0.05, 0.1) is 41.6 Å². The maximum Gasteiger partial charge on any atom is 0.314 e. The van der Waals surface area contributed by atoms with Crippen molar-refractivity contribution >= 4 is 23.9 Å². The summed E-state index contributed by atoms with van der Waals surface area (Å²) < 4.78 is 29.8. The van der Waals surface area contributed by atoms with Crippen molar-refractivity contribution in [3.63, 3.8) is 0 Å². The second kappa shape index (κ2) is 9.97. The molecule has 3 bridgehead atoms. The predicted molar refractivity (Wildman–Crippen MR) is 140 cm³/mol. The molecule has 11 nitrogen and oxygen atoms in total. The monoisotopic (exact) mass is 578 g/mol. The Balaban J connectivity index is 1.56. The average molecular weight is 579 g/mol. The van der Waals surface area contributed by atoms with Gasteiger partial charge in [0.15, 0.2) is 6.10 Å². The van der Waals surface area contributed by atoms with E-state index in [0.717, 1.165) is 0 Å². The van der Waals surface area contributed by atoms with Crippen molar-refractivity contribution in [1.82, 2.24) is 0 Å². The van der Waals surface area contributed by atoms with Gasteiger partial charge in [0.2, 0.25) is 6.29 Å². The first-order valence-electron chi connectivity index (χ1n) is 14.6. The molecule has 2 heterocycles. The summed E-state index contributed by atoms with van der Waals surface area (Å²) in [7, 11) is 0. The first-order valence-corrected chi connectivity index (χ1v) is 14.6. The van der Waals surface area contributed by atoms with Gasteiger partial charge >= 0.3 is 23.9 Å². The number of carbonyl (C=O) groups excluding carboxylic acids is 4. The lowest BCUT2D eigenvalue weighted by atomic mass is 9.61. The molecule has 5 rings (SSSR count). The van der Waals surface area contributed by atoms with Crippen molar-refractivity contribution in [2.24, 2.45) is 40.4 Å². The molecule has 2 N–H and O–H groups in total. The molecule has 0 radical (unpaired) electrons. The van der Waals surface area contributed by atoms with Crippen LogP contribution in [0.5, 0.6) is 0 Å². The van der Waals surface area contributed by atoms with Gasteiger partial charge in [-0.15, -0.1) is 0 Å². The summed E-state index contributed by atoms with van der Waals surface area (Å²) >= 11 is 0. The summed E-state index contributed by atoms with van der Waals surface area (Å²) in [5.74, 6) is -4.68. The number of ether oxygens (including phenoxy) is 5. The van der Waals surface area contributed by atoms with Crippen LogP contribution in [0.1, 0.15) is 74.1 Å². The van der Waals surface area contributed by atoms with E-state index in [0.29, 0.717) is 24.8 Å². The zero-order valence-corrected chi connectivity index (χ0v) is 24.7. The largest absolute Gasteiger partial charge is 0.462 e. The van der Waals surface area contributed by atoms with Gasteiger partial charge in [0, 0.05) is 28.7 Å². The first kappa shape index (κ1) is 29.8. The quantitative estimate of drug-likeness (QED) is 0.306. The Morgan fingerprint density at radius 3 is 2.41 bits per heavy atom. The molecule has 5 aliphatic rings. The first-order chi connectivity index (χ1) is 19.1. The van der Waals surface area contributed by atoms with Crippen LogP contribution in [0.2, 0.25) is 0 Å². The topological polar surface area (TPSA) is 155 Å². The molecule has 0 aromatic heterocycles. The highest BCUT2D eigenvalue weighted by molar-refractivity contribution is 5.83. The molecule has 12 atom stereocenters. The van der Waals surface area contributed by atoms with Crippen molar-refractivity contribution in [3.05, 3.63) is 11.8 Å². The molecule has 1 saturated heterocycles. The van der Waals surface area contributed by atoms with Gasteiger partial charge in [-0.05, 0) is 53.9 Å². The molecule has 0 aromatic rings. The van der Waals surface area contributed by atoms with Crippen LogP contribution in [-0.2, 0) is 42.9 Å². The Hall–Kier alpha value is -2.66. The summed E-state index contributed by atoms with van der Waals surface area (Å²) in [4.78, 5) is 52.6. The lowest BCUT2D eigenvalue weighted by Gasteiger charge is -2.51. The Morgan fingerprint density at radius 1 is 1.12 bits per heavy atom. The molecule has 1 spiro atoms. The van der Waals surface area contributed by atoms with Crippen molar-refractivity contribution in [3.8, 4) is 0 Å². The number of esters is 4. The van der Waals surface area contributed by atoms with Crippen LogP contribution >= 0.6 is 0 Å². The maximum atomic E-state index is 13.7. The summed E-state index contributed by atoms with van der Waals surface area (Å²) in [6, 6.07) is 0. The van der Waals surface area contributed by atoms with Crippen LogP contribution in [0.25, 0.3) is 0 Å². The minimum absolute atomic E-state index is 0.241. The van der Waals surface area contributed by atoms with E-state index in [4.69, 9.17) is 23.7 Å². The van der Waals surface area contributed by atoms with E-state index in [9.17, 15) is 29.4 Å². The molecular weight excluding hydrogens is 536 g/mol. The predicted octanol–water partition coefficient (Wildman–Crippen LogP) is 2.41. The highest BCUT2D eigenvalue weighted by atomic mass is 16.7. The third-order valence-electron chi connectivity index (χ3n) is 10.4. The SMILES string of the molecule is CCC(C)C(=O)O[C@@H]1C[C@H]2[C@H](OC(=O)C(C)C(C)O)OC=C3[C@H]4OC(=O)[C@]5(C)[C@@H](C[C@@]32[C@@H]15)[C@@H]4OC(=O)CC(C)(C)O. The second-order valence-electron chi connectivity index (χ2n) is 13.6. The van der Waals surface area contributed by atoms with Gasteiger partial charge in [0.1, 0.15) is 12.2 Å². The Morgan fingerprint density at radius 2 is 1.80 bits per heavy atom. The summed E-state index contributed by atoms with van der Waals surface area (Å²) in [5.41, 5.74) is -2.60. The number of fused-ring (bicyclic) bond motifs is 3. The van der Waals surface area contributed by atoms with Crippen molar-refractivity contribution in [1.29, 1.82) is 0 Å². The molecule has 3 unspecified atom stereocenters. The smallest absolute Gasteiger partial charge is 0.314 e. The van der Waals surface area contributed by atoms with Crippen LogP contribution in [0.4, 0.5) is 0 Å². The fourth-order valence-electron chi connectivity index (χ4n) is 7.97. The zero-order valence-electron chi connectivity index (χ0n) is 24.7. The van der Waals surface area contributed by atoms with Crippen molar-refractivity contribution in [2.75, 3.05) is 0 Å². The second-order valence-corrected chi connectivity index (χ2v) is 13.6. The molecule has 228 valence electrons. The van der Waals surface area contributed by atoms with E-state index in [1.165, 1.54) is 27.0 Å². The summed E-state index contributed by atoms with van der Waals surface area (Å²) in [5, 5.41) is 20.1. The fourth-order valence-corrected chi connectivity index (χ4v) is 7.97. The lowest BCUT2D eigenvalue weighted by molar-refractivity contribution is -0.215. The molecule has 2 aliphatic heterocycles. The van der Waals surface area contributed by atoms with E-state index in [1.807, 2.05) is 6.92 Å². The number of aliphatic hydroxyl groups excluding tert-OH is 1. The molecule has 11 heteroatoms. The Bertz CT molecular complexity index is 1150. The van der Waals surface area contributed by atoms with Crippen LogP contribution in [0, 0.1) is 40.4 Å². The number of carbonyl (C=O) groups is 4. The van der Waals surface area contributed by atoms with Gasteiger partial charge < -0.3 is 33.9 Å². The minimum atomic E-state index is -1.29. The lowest BCUT2D eigenvalue weighted by Crippen LogP contribution is -2.59. The molecule has 3 saturated carbocycles. The fraction of sp³-hybridized carbons (Fsp3) is 0.800. The Labute approximate surface area is 239 Å². The summed E-state index contributed by atoms with van der Waals surface area (Å²) in [6.07, 6.45) is -1.90. The van der Waals surface area contributed by atoms with Gasteiger partial charge in [0.25, 0.3) is 0 Å². The van der Waals surface area contributed by atoms with Crippen LogP contribution < -0.4 is 0 Å². The highest BCUT2D eigenvalue weighted by Crippen LogP contribution is 2.77. The third-order valence-corrected chi connectivity index (χ3v) is 10.4. The summed E-state index contributed by atoms with van der Waals surface area (Å²) in [6.45, 7) is 11.5. The third kappa shape index (κ3) is 4.45. The van der Waals surface area contributed by atoms with E-state index in [-0.39, 0.29) is 18.3 Å². The van der Waals surface area contributed by atoms with Gasteiger partial charge in [-0.25, -0.2) is 0 Å². The molecule has 3 aliphatic carbocycles.